The molecule has 2 aromatic rings. The minimum Gasteiger partial charge on any atom is -0.496 e. The molecule has 0 aromatic heterocycles. The first-order valence-corrected chi connectivity index (χ1v) is 7.25. The van der Waals surface area contributed by atoms with E-state index in [4.69, 9.17) is 9.47 Å². The van der Waals surface area contributed by atoms with Gasteiger partial charge in [0.1, 0.15) is 12.4 Å². The molecule has 110 valence electrons. The minimum absolute atomic E-state index is 0.254. The summed E-state index contributed by atoms with van der Waals surface area (Å²) in [6.45, 7) is 0.605. The molecule has 1 N–H and O–H groups in total. The molecule has 0 aliphatic heterocycles. The van der Waals surface area contributed by atoms with Crippen LogP contribution in [0.2, 0.25) is 0 Å². The second kappa shape index (κ2) is 7.69. The molecule has 0 saturated heterocycles. The van der Waals surface area contributed by atoms with Crippen LogP contribution in [0.4, 0.5) is 4.79 Å². The highest BCUT2D eigenvalue weighted by Crippen LogP contribution is 2.23. The minimum atomic E-state index is -0.455. The van der Waals surface area contributed by atoms with Crippen LogP contribution in [0, 0.1) is 0 Å². The Morgan fingerprint density at radius 2 is 1.95 bits per heavy atom. The van der Waals surface area contributed by atoms with E-state index >= 15 is 0 Å². The molecule has 1 amide bonds. The lowest BCUT2D eigenvalue weighted by Gasteiger charge is -2.10. The lowest BCUT2D eigenvalue weighted by Crippen LogP contribution is -2.23. The van der Waals surface area contributed by atoms with Gasteiger partial charge in [0.05, 0.1) is 7.11 Å². The average molecular weight is 350 g/mol. The van der Waals surface area contributed by atoms with Crippen LogP contribution in [-0.4, -0.2) is 13.2 Å². The van der Waals surface area contributed by atoms with Gasteiger partial charge in [-0.3, -0.25) is 0 Å². The number of carbonyl (C=O) groups is 1. The van der Waals surface area contributed by atoms with Crippen LogP contribution in [0.3, 0.4) is 0 Å². The molecule has 0 radical (unpaired) electrons. The third-order valence-electron chi connectivity index (χ3n) is 2.89. The molecule has 0 bridgehead atoms. The van der Waals surface area contributed by atoms with Gasteiger partial charge in [-0.25, -0.2) is 4.79 Å². The quantitative estimate of drug-likeness (QED) is 0.890. The summed E-state index contributed by atoms with van der Waals surface area (Å²) < 4.78 is 11.3. The van der Waals surface area contributed by atoms with Crippen molar-refractivity contribution in [1.82, 2.24) is 5.32 Å². The maximum Gasteiger partial charge on any atom is 0.407 e. The van der Waals surface area contributed by atoms with Gasteiger partial charge in [0.25, 0.3) is 0 Å². The van der Waals surface area contributed by atoms with Gasteiger partial charge in [-0.2, -0.15) is 0 Å². The molecule has 2 rings (SSSR count). The molecular formula is C16H16BrNO3. The van der Waals surface area contributed by atoms with Gasteiger partial charge in [0, 0.05) is 16.6 Å². The Bertz CT molecular complexity index is 602. The molecule has 2 aromatic carbocycles. The van der Waals surface area contributed by atoms with Crippen LogP contribution < -0.4 is 10.1 Å². The number of amides is 1. The van der Waals surface area contributed by atoms with E-state index in [0.717, 1.165) is 15.6 Å². The molecule has 0 atom stereocenters. The van der Waals surface area contributed by atoms with Gasteiger partial charge in [0.2, 0.25) is 0 Å². The average Bonchev–Trinajstić information content (AvgIpc) is 2.52. The highest BCUT2D eigenvalue weighted by atomic mass is 79.9. The van der Waals surface area contributed by atoms with E-state index in [0.29, 0.717) is 12.3 Å². The van der Waals surface area contributed by atoms with E-state index in [9.17, 15) is 4.79 Å². The Morgan fingerprint density at radius 1 is 1.19 bits per heavy atom. The fourth-order valence-corrected chi connectivity index (χ4v) is 2.15. The number of nitrogens with one attached hydrogen (secondary N) is 1. The second-order valence-electron chi connectivity index (χ2n) is 4.37. The Balaban J connectivity index is 1.84. The number of carbonyl (C=O) groups excluding carboxylic acids is 1. The maximum atomic E-state index is 11.7. The van der Waals surface area contributed by atoms with Crippen molar-refractivity contribution in [2.24, 2.45) is 0 Å². The maximum absolute atomic E-state index is 11.7. The van der Waals surface area contributed by atoms with Crippen molar-refractivity contribution in [1.29, 1.82) is 0 Å². The Kier molecular flexibility index (Phi) is 5.63. The molecule has 0 spiro atoms. The van der Waals surface area contributed by atoms with E-state index in [1.165, 1.54) is 0 Å². The predicted octanol–water partition coefficient (Wildman–Crippen LogP) is 3.88. The predicted molar refractivity (Wildman–Crippen MR) is 84.2 cm³/mol. The van der Waals surface area contributed by atoms with E-state index in [1.54, 1.807) is 7.11 Å². The number of benzene rings is 2. The summed E-state index contributed by atoms with van der Waals surface area (Å²) in [5, 5.41) is 2.71. The molecule has 0 heterocycles. The second-order valence-corrected chi connectivity index (χ2v) is 5.29. The summed E-state index contributed by atoms with van der Waals surface area (Å²) in [5.41, 5.74) is 1.84. The van der Waals surface area contributed by atoms with Crippen molar-refractivity contribution < 1.29 is 14.3 Å². The van der Waals surface area contributed by atoms with E-state index < -0.39 is 6.09 Å². The van der Waals surface area contributed by atoms with Gasteiger partial charge >= 0.3 is 6.09 Å². The Morgan fingerprint density at radius 3 is 2.67 bits per heavy atom. The SMILES string of the molecule is COc1cc(Br)ccc1CNC(=O)OCc1ccccc1. The number of methoxy groups -OCH3 is 1. The first-order chi connectivity index (χ1) is 10.2. The van der Waals surface area contributed by atoms with Crippen molar-refractivity contribution in [2.45, 2.75) is 13.2 Å². The van der Waals surface area contributed by atoms with Crippen molar-refractivity contribution in [2.75, 3.05) is 7.11 Å². The highest BCUT2D eigenvalue weighted by Gasteiger charge is 2.07. The van der Waals surface area contributed by atoms with Crippen molar-refractivity contribution >= 4 is 22.0 Å². The van der Waals surface area contributed by atoms with Gasteiger partial charge in [-0.15, -0.1) is 0 Å². The topological polar surface area (TPSA) is 47.6 Å². The fraction of sp³-hybridized carbons (Fsp3) is 0.188. The zero-order valence-electron chi connectivity index (χ0n) is 11.6. The molecule has 4 nitrogen and oxygen atoms in total. The summed E-state index contributed by atoms with van der Waals surface area (Å²) >= 11 is 3.38. The molecular weight excluding hydrogens is 334 g/mol. The van der Waals surface area contributed by atoms with Crippen LogP contribution in [0.5, 0.6) is 5.75 Å². The lowest BCUT2D eigenvalue weighted by atomic mass is 10.2. The number of hydrogen-bond acceptors (Lipinski definition) is 3. The Labute approximate surface area is 132 Å². The van der Waals surface area contributed by atoms with E-state index in [1.807, 2.05) is 48.5 Å². The summed E-state index contributed by atoms with van der Waals surface area (Å²) in [5.74, 6) is 0.715. The van der Waals surface area contributed by atoms with Crippen LogP contribution in [0.25, 0.3) is 0 Å². The molecule has 0 aliphatic rings. The number of ether oxygens (including phenoxy) is 2. The lowest BCUT2D eigenvalue weighted by molar-refractivity contribution is 0.139. The largest absolute Gasteiger partial charge is 0.496 e. The molecule has 5 heteroatoms. The molecule has 21 heavy (non-hydrogen) atoms. The Hall–Kier alpha value is -2.01. The zero-order chi connectivity index (χ0) is 15.1. The number of alkyl carbamates (subject to hydrolysis) is 1. The summed E-state index contributed by atoms with van der Waals surface area (Å²) in [6.07, 6.45) is -0.455. The molecule has 0 unspecified atom stereocenters. The van der Waals surface area contributed by atoms with Gasteiger partial charge in [0.15, 0.2) is 0 Å². The van der Waals surface area contributed by atoms with Crippen LogP contribution in [0.1, 0.15) is 11.1 Å². The fourth-order valence-electron chi connectivity index (χ4n) is 1.81. The summed E-state index contributed by atoms with van der Waals surface area (Å²) in [7, 11) is 1.60. The number of halogens is 1. The molecule has 0 saturated carbocycles. The van der Waals surface area contributed by atoms with Gasteiger partial charge in [-0.05, 0) is 17.7 Å². The number of hydrogen-bond donors (Lipinski definition) is 1. The molecule has 0 fully saturated rings. The highest BCUT2D eigenvalue weighted by molar-refractivity contribution is 9.10. The summed E-state index contributed by atoms with van der Waals surface area (Å²) in [4.78, 5) is 11.7. The van der Waals surface area contributed by atoms with Crippen LogP contribution >= 0.6 is 15.9 Å². The third-order valence-corrected chi connectivity index (χ3v) is 3.38. The smallest absolute Gasteiger partial charge is 0.407 e. The standard InChI is InChI=1S/C16H16BrNO3/c1-20-15-9-14(17)8-7-13(15)10-18-16(19)21-11-12-5-3-2-4-6-12/h2-9H,10-11H2,1H3,(H,18,19). The van der Waals surface area contributed by atoms with Crippen LogP contribution in [-0.2, 0) is 17.9 Å². The van der Waals surface area contributed by atoms with Gasteiger partial charge in [-0.1, -0.05) is 52.3 Å². The normalized spacial score (nSPS) is 10.0. The third kappa shape index (κ3) is 4.79. The number of rotatable bonds is 5. The molecule has 0 aliphatic carbocycles. The van der Waals surface area contributed by atoms with Crippen LogP contribution in [0.15, 0.2) is 53.0 Å². The van der Waals surface area contributed by atoms with E-state index in [-0.39, 0.29) is 6.61 Å². The summed E-state index contributed by atoms with van der Waals surface area (Å²) in [6, 6.07) is 15.2. The zero-order valence-corrected chi connectivity index (χ0v) is 13.2. The van der Waals surface area contributed by atoms with Crippen molar-refractivity contribution in [3.63, 3.8) is 0 Å². The first kappa shape index (κ1) is 15.4. The van der Waals surface area contributed by atoms with E-state index in [2.05, 4.69) is 21.2 Å². The van der Waals surface area contributed by atoms with Crippen molar-refractivity contribution in [3.8, 4) is 5.75 Å². The van der Waals surface area contributed by atoms with Crippen molar-refractivity contribution in [3.05, 3.63) is 64.1 Å². The van der Waals surface area contributed by atoms with Gasteiger partial charge < -0.3 is 14.8 Å². The monoisotopic (exact) mass is 349 g/mol. The first-order valence-electron chi connectivity index (χ1n) is 6.46.